The van der Waals surface area contributed by atoms with E-state index in [-0.39, 0.29) is 24.2 Å². The van der Waals surface area contributed by atoms with Crippen molar-refractivity contribution in [3.63, 3.8) is 0 Å². The number of hydrogen-bond acceptors (Lipinski definition) is 8. The zero-order chi connectivity index (χ0) is 41.7. The Morgan fingerprint density at radius 2 is 1.45 bits per heavy atom. The molecule has 4 aromatic rings. The summed E-state index contributed by atoms with van der Waals surface area (Å²) in [4.78, 5) is 47.8. The molecule has 1 aromatic heterocycles. The number of ether oxygens (including phenoxy) is 1. The van der Waals surface area contributed by atoms with E-state index in [2.05, 4.69) is 15.6 Å². The highest BCUT2D eigenvalue weighted by Crippen LogP contribution is 2.32. The van der Waals surface area contributed by atoms with E-state index in [9.17, 15) is 45.5 Å². The van der Waals surface area contributed by atoms with E-state index in [4.69, 9.17) is 24.5 Å². The Hall–Kier alpha value is -5.82. The number of pyridine rings is 1. The second-order valence-electron chi connectivity index (χ2n) is 12.6. The topological polar surface area (TPSA) is 187 Å². The summed E-state index contributed by atoms with van der Waals surface area (Å²) in [5.74, 6) is -6.01. The summed E-state index contributed by atoms with van der Waals surface area (Å²) in [7, 11) is 0. The van der Waals surface area contributed by atoms with Crippen molar-refractivity contribution >= 4 is 34.7 Å². The van der Waals surface area contributed by atoms with Gasteiger partial charge in [0, 0.05) is 40.3 Å². The number of benzene rings is 3. The van der Waals surface area contributed by atoms with E-state index in [1.807, 2.05) is 43.3 Å². The lowest BCUT2D eigenvalue weighted by Gasteiger charge is -2.40. The van der Waals surface area contributed by atoms with E-state index in [0.29, 0.717) is 50.1 Å². The van der Waals surface area contributed by atoms with Gasteiger partial charge in [0.05, 0.1) is 11.9 Å². The molecule has 0 spiro atoms. The lowest BCUT2D eigenvalue weighted by atomic mass is 9.76. The number of aromatic nitrogens is 1. The summed E-state index contributed by atoms with van der Waals surface area (Å²) in [6, 6.07) is 23.5. The molecule has 0 saturated heterocycles. The van der Waals surface area contributed by atoms with Gasteiger partial charge in [-0.15, -0.1) is 0 Å². The highest BCUT2D eigenvalue weighted by atomic mass is 19.4. The van der Waals surface area contributed by atoms with Crippen molar-refractivity contribution in [2.45, 2.75) is 76.1 Å². The molecule has 1 fully saturated rings. The fourth-order valence-corrected chi connectivity index (χ4v) is 5.67. The van der Waals surface area contributed by atoms with Crippen molar-refractivity contribution in [1.29, 1.82) is 0 Å². The first-order chi connectivity index (χ1) is 26.2. The Balaban J connectivity index is 0.000000512. The number of aliphatic carboxylic acids is 2. The van der Waals surface area contributed by atoms with Crippen LogP contribution in [-0.2, 0) is 27.5 Å². The van der Waals surface area contributed by atoms with E-state index in [1.54, 1.807) is 35.8 Å². The number of para-hydroxylation sites is 1. The van der Waals surface area contributed by atoms with Crippen LogP contribution >= 0.6 is 0 Å². The normalized spacial score (nSPS) is 16.6. The number of carboxylic acid groups (broad SMARTS) is 2. The number of hydroxylamine groups is 1. The van der Waals surface area contributed by atoms with E-state index in [1.165, 1.54) is 12.1 Å². The maximum absolute atomic E-state index is 13.5. The number of halogens is 7. The molecule has 1 aliphatic carbocycles. The molecular formula is C37H37F7N4O8. The number of alkyl halides is 6. The first-order valence-corrected chi connectivity index (χ1v) is 16.6. The number of amides is 2. The van der Waals surface area contributed by atoms with Gasteiger partial charge in [0.1, 0.15) is 18.2 Å². The molecule has 3 aromatic carbocycles. The zero-order valence-electron chi connectivity index (χ0n) is 29.5. The van der Waals surface area contributed by atoms with Crippen molar-refractivity contribution in [2.75, 3.05) is 0 Å². The van der Waals surface area contributed by atoms with E-state index in [0.717, 1.165) is 27.7 Å². The molecular weight excluding hydrogens is 761 g/mol. The van der Waals surface area contributed by atoms with Crippen LogP contribution < -0.4 is 20.9 Å². The van der Waals surface area contributed by atoms with Gasteiger partial charge in [0.25, 0.3) is 5.91 Å². The molecule has 56 heavy (non-hydrogen) atoms. The number of nitrogens with zero attached hydrogens (tertiary/aromatic N) is 1. The van der Waals surface area contributed by atoms with Crippen molar-refractivity contribution < 1.29 is 70.1 Å². The first-order valence-electron chi connectivity index (χ1n) is 16.6. The molecule has 1 saturated carbocycles. The van der Waals surface area contributed by atoms with Crippen LogP contribution in [0.1, 0.15) is 59.3 Å². The van der Waals surface area contributed by atoms with Gasteiger partial charge < -0.3 is 25.6 Å². The predicted molar refractivity (Wildman–Crippen MR) is 185 cm³/mol. The third kappa shape index (κ3) is 14.1. The van der Waals surface area contributed by atoms with Crippen LogP contribution in [0, 0.1) is 12.7 Å². The fourth-order valence-electron chi connectivity index (χ4n) is 5.67. The van der Waals surface area contributed by atoms with Crippen LogP contribution in [0.4, 0.5) is 30.7 Å². The minimum absolute atomic E-state index is 0.0354. The summed E-state index contributed by atoms with van der Waals surface area (Å²) < 4.78 is 83.0. The maximum atomic E-state index is 13.5. The summed E-state index contributed by atoms with van der Waals surface area (Å²) in [5, 5.41) is 31.0. The lowest BCUT2D eigenvalue weighted by molar-refractivity contribution is -0.193. The van der Waals surface area contributed by atoms with Gasteiger partial charge in [-0.3, -0.25) is 19.8 Å². The van der Waals surface area contributed by atoms with Gasteiger partial charge in [-0.1, -0.05) is 30.3 Å². The predicted octanol–water partition coefficient (Wildman–Crippen LogP) is 6.62. The van der Waals surface area contributed by atoms with Gasteiger partial charge in [-0.25, -0.2) is 19.5 Å². The quantitative estimate of drug-likeness (QED) is 0.0578. The molecule has 19 heteroatoms. The molecule has 0 bridgehead atoms. The molecule has 0 atom stereocenters. The standard InChI is InChI=1S/C33H35FN4O4.2C2HF3O2/c1-22-17-25(29-7-2-3-8-30(29)36-22)21-42-28-11-9-24(10-12-28)32(40)37-33(19-31(39)38-41)15-13-27(14-16-33)35-20-23-5-4-6-26(34)18-23;2*3-2(4,5)1(6)7/h2-12,17-18,27,35,41H,13-16,19-21H2,1H3,(H,37,40)(H,38,39);2*(H,6,7). The molecule has 1 aliphatic rings. The second-order valence-corrected chi connectivity index (χ2v) is 12.6. The Morgan fingerprint density at radius 3 is 2.00 bits per heavy atom. The minimum atomic E-state index is -5.08. The monoisotopic (exact) mass is 798 g/mol. The highest BCUT2D eigenvalue weighted by Gasteiger charge is 2.40. The Labute approximate surface area is 314 Å². The Kier molecular flexibility index (Phi) is 15.7. The first kappa shape index (κ1) is 44.6. The Bertz CT molecular complexity index is 1940. The maximum Gasteiger partial charge on any atom is 0.490 e. The SMILES string of the molecule is Cc1cc(COc2ccc(C(=O)NC3(CC(=O)NO)CCC(NCc4cccc(F)c4)CC3)cc2)c2ccccc2n1.O=C(O)C(F)(F)F.O=C(O)C(F)(F)F. The summed E-state index contributed by atoms with van der Waals surface area (Å²) in [6.45, 7) is 2.85. The van der Waals surface area contributed by atoms with E-state index >= 15 is 0 Å². The third-order valence-corrected chi connectivity index (χ3v) is 8.35. The number of nitrogens with one attached hydrogen (secondary N) is 3. The van der Waals surface area contributed by atoms with Crippen LogP contribution in [0.3, 0.4) is 0 Å². The summed E-state index contributed by atoms with van der Waals surface area (Å²) in [5.41, 5.74) is 5.08. The molecule has 0 aliphatic heterocycles. The summed E-state index contributed by atoms with van der Waals surface area (Å²) in [6.07, 6.45) is -7.68. The molecule has 1 heterocycles. The highest BCUT2D eigenvalue weighted by molar-refractivity contribution is 5.95. The number of carbonyl (C=O) groups excluding carboxylic acids is 2. The number of fused-ring (bicyclic) bond motifs is 1. The smallest absolute Gasteiger partial charge is 0.489 e. The van der Waals surface area contributed by atoms with Crippen molar-refractivity contribution in [2.24, 2.45) is 0 Å². The number of carboxylic acids is 2. The lowest BCUT2D eigenvalue weighted by Crippen LogP contribution is -2.54. The van der Waals surface area contributed by atoms with Crippen LogP contribution in [0.15, 0.2) is 78.9 Å². The minimum Gasteiger partial charge on any atom is -0.489 e. The molecule has 2 amide bonds. The summed E-state index contributed by atoms with van der Waals surface area (Å²) >= 11 is 0. The van der Waals surface area contributed by atoms with E-state index < -0.39 is 35.7 Å². The molecule has 12 nitrogen and oxygen atoms in total. The van der Waals surface area contributed by atoms with Crippen LogP contribution in [0.2, 0.25) is 0 Å². The number of rotatable bonds is 10. The number of carbonyl (C=O) groups is 4. The van der Waals surface area contributed by atoms with Gasteiger partial charge >= 0.3 is 24.3 Å². The largest absolute Gasteiger partial charge is 0.490 e. The molecule has 0 radical (unpaired) electrons. The molecule has 6 N–H and O–H groups in total. The van der Waals surface area contributed by atoms with Crippen LogP contribution in [0.5, 0.6) is 5.75 Å². The zero-order valence-corrected chi connectivity index (χ0v) is 29.5. The average Bonchev–Trinajstić information content (AvgIpc) is 3.13. The van der Waals surface area contributed by atoms with Crippen LogP contribution in [0.25, 0.3) is 10.9 Å². The van der Waals surface area contributed by atoms with Crippen LogP contribution in [-0.4, -0.2) is 68.1 Å². The van der Waals surface area contributed by atoms with Gasteiger partial charge in [-0.2, -0.15) is 26.3 Å². The fraction of sp³-hybridized carbons (Fsp3) is 0.324. The molecule has 0 unspecified atom stereocenters. The second kappa shape index (κ2) is 19.7. The average molecular weight is 799 g/mol. The van der Waals surface area contributed by atoms with Crippen molar-refractivity contribution in [1.82, 2.24) is 21.1 Å². The molecule has 302 valence electrons. The van der Waals surface area contributed by atoms with Crippen molar-refractivity contribution in [3.8, 4) is 5.75 Å². The third-order valence-electron chi connectivity index (χ3n) is 8.35. The van der Waals surface area contributed by atoms with Crippen molar-refractivity contribution in [3.05, 3.63) is 107 Å². The number of hydrogen-bond donors (Lipinski definition) is 6. The van der Waals surface area contributed by atoms with Gasteiger partial charge in [-0.05, 0) is 86.7 Å². The van der Waals surface area contributed by atoms with Gasteiger partial charge in [0.15, 0.2) is 0 Å². The van der Waals surface area contributed by atoms with Gasteiger partial charge in [0.2, 0.25) is 5.91 Å². The molecule has 5 rings (SSSR count). The Morgan fingerprint density at radius 1 is 0.857 bits per heavy atom. The number of aryl methyl sites for hydroxylation is 1.